The van der Waals surface area contributed by atoms with E-state index in [1.165, 1.54) is 18.2 Å². The Kier molecular flexibility index (Phi) is 4.70. The predicted octanol–water partition coefficient (Wildman–Crippen LogP) is 2.97. The van der Waals surface area contributed by atoms with Gasteiger partial charge in [0.25, 0.3) is 0 Å². The lowest BCUT2D eigenvalue weighted by atomic mass is 9.80. The molecule has 0 bridgehead atoms. The Morgan fingerprint density at radius 1 is 1.45 bits per heavy atom. The van der Waals surface area contributed by atoms with Crippen LogP contribution in [0.1, 0.15) is 32.8 Å². The van der Waals surface area contributed by atoms with Gasteiger partial charge in [0.05, 0.1) is 12.1 Å². The van der Waals surface area contributed by atoms with Gasteiger partial charge in [0.1, 0.15) is 24.2 Å². The fourth-order valence-electron chi connectivity index (χ4n) is 2.52. The Labute approximate surface area is 130 Å². The Morgan fingerprint density at radius 2 is 2.18 bits per heavy atom. The zero-order valence-corrected chi connectivity index (χ0v) is 13.2. The molecule has 0 aliphatic carbocycles. The summed E-state index contributed by atoms with van der Waals surface area (Å²) in [5.74, 6) is 0.394. The lowest BCUT2D eigenvalue weighted by Crippen LogP contribution is -2.31. The maximum atomic E-state index is 13.2. The molecular weight excluding hydrogens is 283 g/mol. The van der Waals surface area contributed by atoms with Crippen LogP contribution in [-0.4, -0.2) is 30.5 Å². The first-order valence-corrected chi connectivity index (χ1v) is 7.41. The predicted molar refractivity (Wildman–Crippen MR) is 80.8 cm³/mol. The highest BCUT2D eigenvalue weighted by atomic mass is 19.1. The number of amides is 1. The standard InChI is InChI=1S/C17H21FN2O2/c1-17(2,3)13-9-16(21)20(11-13)6-7-22-14-4-5-15(18)12(8-14)10-19/h4-5,8,13H,6-7,9,11H2,1-3H3. The zero-order valence-electron chi connectivity index (χ0n) is 13.2. The lowest BCUT2D eigenvalue weighted by Gasteiger charge is -2.26. The molecule has 0 N–H and O–H groups in total. The van der Waals surface area contributed by atoms with Gasteiger partial charge in [-0.25, -0.2) is 4.39 Å². The summed E-state index contributed by atoms with van der Waals surface area (Å²) >= 11 is 0. The molecule has 1 amide bonds. The van der Waals surface area contributed by atoms with Crippen molar-refractivity contribution in [2.45, 2.75) is 27.2 Å². The number of likely N-dealkylation sites (tertiary alicyclic amines) is 1. The second kappa shape index (κ2) is 6.35. The van der Waals surface area contributed by atoms with Gasteiger partial charge in [0.2, 0.25) is 5.91 Å². The minimum absolute atomic E-state index is 0.0393. The number of rotatable bonds is 4. The van der Waals surface area contributed by atoms with Gasteiger partial charge in [-0.3, -0.25) is 4.79 Å². The summed E-state index contributed by atoms with van der Waals surface area (Å²) in [6, 6.07) is 5.85. The third-order valence-electron chi connectivity index (χ3n) is 4.13. The van der Waals surface area contributed by atoms with Gasteiger partial charge in [0.15, 0.2) is 0 Å². The van der Waals surface area contributed by atoms with Gasteiger partial charge in [0, 0.05) is 19.0 Å². The average molecular weight is 304 g/mol. The molecule has 0 saturated carbocycles. The van der Waals surface area contributed by atoms with Gasteiger partial charge in [-0.1, -0.05) is 20.8 Å². The quantitative estimate of drug-likeness (QED) is 0.859. The van der Waals surface area contributed by atoms with E-state index in [0.29, 0.717) is 31.2 Å². The molecule has 5 heteroatoms. The summed E-state index contributed by atoms with van der Waals surface area (Å²) in [4.78, 5) is 13.8. The Bertz CT molecular complexity index is 602. The van der Waals surface area contributed by atoms with Crippen LogP contribution >= 0.6 is 0 Å². The van der Waals surface area contributed by atoms with Crippen LogP contribution < -0.4 is 4.74 Å². The van der Waals surface area contributed by atoms with Crippen molar-refractivity contribution < 1.29 is 13.9 Å². The molecule has 4 nitrogen and oxygen atoms in total. The number of benzene rings is 1. The molecule has 118 valence electrons. The van der Waals surface area contributed by atoms with Crippen molar-refractivity contribution in [3.05, 3.63) is 29.6 Å². The summed E-state index contributed by atoms with van der Waals surface area (Å²) in [5.41, 5.74) is 0.0757. The highest BCUT2D eigenvalue weighted by Crippen LogP contribution is 2.34. The van der Waals surface area contributed by atoms with E-state index in [1.54, 1.807) is 6.07 Å². The normalized spacial score (nSPS) is 18.4. The van der Waals surface area contributed by atoms with Crippen molar-refractivity contribution in [1.29, 1.82) is 5.26 Å². The smallest absolute Gasteiger partial charge is 0.223 e. The van der Waals surface area contributed by atoms with Gasteiger partial charge in [-0.15, -0.1) is 0 Å². The van der Waals surface area contributed by atoms with Crippen molar-refractivity contribution >= 4 is 5.91 Å². The van der Waals surface area contributed by atoms with Gasteiger partial charge < -0.3 is 9.64 Å². The van der Waals surface area contributed by atoms with Crippen LogP contribution in [0, 0.1) is 28.5 Å². The third kappa shape index (κ3) is 3.76. The summed E-state index contributed by atoms with van der Waals surface area (Å²) in [6.07, 6.45) is 0.582. The molecule has 1 saturated heterocycles. The molecular formula is C17H21FN2O2. The van der Waals surface area contributed by atoms with Crippen molar-refractivity contribution in [1.82, 2.24) is 4.90 Å². The molecule has 1 fully saturated rings. The lowest BCUT2D eigenvalue weighted by molar-refractivity contribution is -0.128. The van der Waals surface area contributed by atoms with E-state index in [0.717, 1.165) is 6.54 Å². The van der Waals surface area contributed by atoms with Crippen LogP contribution in [0.2, 0.25) is 0 Å². The van der Waals surface area contributed by atoms with Crippen LogP contribution in [-0.2, 0) is 4.79 Å². The van der Waals surface area contributed by atoms with Gasteiger partial charge in [-0.05, 0) is 23.5 Å². The van der Waals surface area contributed by atoms with E-state index in [4.69, 9.17) is 10.00 Å². The topological polar surface area (TPSA) is 53.3 Å². The summed E-state index contributed by atoms with van der Waals surface area (Å²) in [6.45, 7) is 8.02. The molecule has 1 aromatic carbocycles. The molecule has 2 rings (SSSR count). The fourth-order valence-corrected chi connectivity index (χ4v) is 2.52. The number of carbonyl (C=O) groups is 1. The monoisotopic (exact) mass is 304 g/mol. The highest BCUT2D eigenvalue weighted by molar-refractivity contribution is 5.78. The van der Waals surface area contributed by atoms with Crippen LogP contribution in [0.4, 0.5) is 4.39 Å². The molecule has 1 atom stereocenters. The SMILES string of the molecule is CC(C)(C)C1CC(=O)N(CCOc2ccc(F)c(C#N)c2)C1. The van der Waals surface area contributed by atoms with Crippen molar-refractivity contribution in [3.63, 3.8) is 0 Å². The van der Waals surface area contributed by atoms with Crippen molar-refractivity contribution in [3.8, 4) is 11.8 Å². The Hall–Kier alpha value is -2.09. The zero-order chi connectivity index (χ0) is 16.3. The first kappa shape index (κ1) is 16.3. The number of carbonyl (C=O) groups excluding carboxylic acids is 1. The van der Waals surface area contributed by atoms with E-state index in [2.05, 4.69) is 20.8 Å². The fraction of sp³-hybridized carbons (Fsp3) is 0.529. The molecule has 0 aromatic heterocycles. The van der Waals surface area contributed by atoms with E-state index < -0.39 is 5.82 Å². The van der Waals surface area contributed by atoms with Crippen LogP contribution in [0.5, 0.6) is 5.75 Å². The van der Waals surface area contributed by atoms with E-state index in [9.17, 15) is 9.18 Å². The van der Waals surface area contributed by atoms with Gasteiger partial charge in [-0.2, -0.15) is 5.26 Å². The average Bonchev–Trinajstić information content (AvgIpc) is 2.82. The Morgan fingerprint density at radius 3 is 2.77 bits per heavy atom. The minimum Gasteiger partial charge on any atom is -0.492 e. The van der Waals surface area contributed by atoms with Gasteiger partial charge >= 0.3 is 0 Å². The van der Waals surface area contributed by atoms with Crippen molar-refractivity contribution in [2.75, 3.05) is 19.7 Å². The number of halogens is 1. The van der Waals surface area contributed by atoms with E-state index in [-0.39, 0.29) is 16.9 Å². The first-order chi connectivity index (χ1) is 10.3. The molecule has 1 aliphatic heterocycles. The largest absolute Gasteiger partial charge is 0.492 e. The van der Waals surface area contributed by atoms with E-state index >= 15 is 0 Å². The maximum absolute atomic E-state index is 13.2. The second-order valence-electron chi connectivity index (χ2n) is 6.71. The highest BCUT2D eigenvalue weighted by Gasteiger charge is 2.36. The van der Waals surface area contributed by atoms with E-state index in [1.807, 2.05) is 4.90 Å². The minimum atomic E-state index is -0.558. The molecule has 0 spiro atoms. The van der Waals surface area contributed by atoms with Crippen molar-refractivity contribution in [2.24, 2.45) is 11.3 Å². The third-order valence-corrected chi connectivity index (χ3v) is 4.13. The summed E-state index contributed by atoms with van der Waals surface area (Å²) in [7, 11) is 0. The number of hydrogen-bond acceptors (Lipinski definition) is 3. The van der Waals surface area contributed by atoms with Crippen LogP contribution in [0.25, 0.3) is 0 Å². The molecule has 1 unspecified atom stereocenters. The number of hydrogen-bond donors (Lipinski definition) is 0. The van der Waals surface area contributed by atoms with Crippen LogP contribution in [0.3, 0.4) is 0 Å². The van der Waals surface area contributed by atoms with Crippen LogP contribution in [0.15, 0.2) is 18.2 Å². The molecule has 1 heterocycles. The summed E-state index contributed by atoms with van der Waals surface area (Å²) in [5, 5.41) is 8.78. The molecule has 1 aromatic rings. The molecule has 0 radical (unpaired) electrons. The summed E-state index contributed by atoms with van der Waals surface area (Å²) < 4.78 is 18.7. The number of nitrogens with zero attached hydrogens (tertiary/aromatic N) is 2. The molecule has 22 heavy (non-hydrogen) atoms. The maximum Gasteiger partial charge on any atom is 0.223 e. The number of ether oxygens (including phenoxy) is 1. The number of nitriles is 1. The second-order valence-corrected chi connectivity index (χ2v) is 6.71. The molecule has 1 aliphatic rings. The first-order valence-electron chi connectivity index (χ1n) is 7.41. The Balaban J connectivity index is 1.87.